The lowest BCUT2D eigenvalue weighted by atomic mass is 10.1. The van der Waals surface area contributed by atoms with Gasteiger partial charge in [-0.1, -0.05) is 18.2 Å². The molecule has 2 aromatic carbocycles. The zero-order valence-electron chi connectivity index (χ0n) is 14.3. The molecule has 0 fully saturated rings. The number of rotatable bonds is 5. The van der Waals surface area contributed by atoms with E-state index in [0.717, 1.165) is 17.2 Å². The lowest BCUT2D eigenvalue weighted by molar-refractivity contribution is 0.0601. The van der Waals surface area contributed by atoms with Crippen molar-refractivity contribution in [2.45, 2.75) is 6.92 Å². The first-order valence-electron chi connectivity index (χ1n) is 7.78. The van der Waals surface area contributed by atoms with E-state index in [1.54, 1.807) is 30.0 Å². The van der Waals surface area contributed by atoms with Crippen molar-refractivity contribution in [3.8, 4) is 11.4 Å². The van der Waals surface area contributed by atoms with Gasteiger partial charge in [-0.2, -0.15) is 5.10 Å². The van der Waals surface area contributed by atoms with Crippen molar-refractivity contribution in [1.82, 2.24) is 9.78 Å². The molecule has 128 valence electrons. The molecule has 6 heteroatoms. The van der Waals surface area contributed by atoms with Crippen molar-refractivity contribution in [1.29, 1.82) is 0 Å². The Kier molecular flexibility index (Phi) is 4.70. The Bertz CT molecular complexity index is 888. The van der Waals surface area contributed by atoms with E-state index in [2.05, 4.69) is 10.4 Å². The van der Waals surface area contributed by atoms with Crippen LogP contribution in [0, 0.1) is 6.92 Å². The summed E-state index contributed by atoms with van der Waals surface area (Å²) >= 11 is 0. The second-order valence-electron chi connectivity index (χ2n) is 5.45. The van der Waals surface area contributed by atoms with Gasteiger partial charge in [0, 0.05) is 6.07 Å². The molecule has 0 amide bonds. The summed E-state index contributed by atoms with van der Waals surface area (Å²) in [6.07, 6.45) is 0. The number of benzene rings is 2. The minimum Gasteiger partial charge on any atom is -0.497 e. The molecule has 3 rings (SSSR count). The monoisotopic (exact) mass is 337 g/mol. The number of hydrogen-bond acceptors (Lipinski definition) is 5. The highest BCUT2D eigenvalue weighted by atomic mass is 16.5. The fraction of sp³-hybridized carbons (Fsp3) is 0.158. The molecule has 1 N–H and O–H groups in total. The SMILES string of the molecule is COC(=O)c1cc(OC)ccc1Nc1cc(C)nn1-c1ccccc1. The molecule has 0 radical (unpaired) electrons. The number of aromatic nitrogens is 2. The van der Waals surface area contributed by atoms with E-state index in [9.17, 15) is 4.79 Å². The summed E-state index contributed by atoms with van der Waals surface area (Å²) in [5.74, 6) is 0.890. The summed E-state index contributed by atoms with van der Waals surface area (Å²) in [6.45, 7) is 1.92. The molecule has 0 bridgehead atoms. The highest BCUT2D eigenvalue weighted by molar-refractivity contribution is 5.97. The quantitative estimate of drug-likeness (QED) is 0.719. The number of para-hydroxylation sites is 1. The number of methoxy groups -OCH3 is 2. The van der Waals surface area contributed by atoms with Crippen LogP contribution in [0.4, 0.5) is 11.5 Å². The van der Waals surface area contributed by atoms with E-state index in [1.165, 1.54) is 7.11 Å². The molecule has 0 unspecified atom stereocenters. The van der Waals surface area contributed by atoms with Gasteiger partial charge in [0.1, 0.15) is 11.6 Å². The van der Waals surface area contributed by atoms with Gasteiger partial charge in [0.2, 0.25) is 0 Å². The number of nitrogens with one attached hydrogen (secondary N) is 1. The van der Waals surface area contributed by atoms with Gasteiger partial charge >= 0.3 is 5.97 Å². The summed E-state index contributed by atoms with van der Waals surface area (Å²) in [7, 11) is 2.90. The van der Waals surface area contributed by atoms with Gasteiger partial charge in [0.05, 0.1) is 36.9 Å². The van der Waals surface area contributed by atoms with E-state index < -0.39 is 5.97 Å². The molecule has 3 aromatic rings. The molecule has 6 nitrogen and oxygen atoms in total. The first-order valence-corrected chi connectivity index (χ1v) is 7.78. The maximum atomic E-state index is 12.1. The lowest BCUT2D eigenvalue weighted by Gasteiger charge is -2.13. The minimum absolute atomic E-state index is 0.389. The van der Waals surface area contributed by atoms with Crippen molar-refractivity contribution >= 4 is 17.5 Å². The Morgan fingerprint density at radius 3 is 2.52 bits per heavy atom. The van der Waals surface area contributed by atoms with Crippen LogP contribution in [0.1, 0.15) is 16.1 Å². The maximum absolute atomic E-state index is 12.1. The van der Waals surface area contributed by atoms with E-state index in [-0.39, 0.29) is 0 Å². The van der Waals surface area contributed by atoms with Crippen LogP contribution in [0.2, 0.25) is 0 Å². The van der Waals surface area contributed by atoms with Crippen LogP contribution < -0.4 is 10.1 Å². The summed E-state index contributed by atoms with van der Waals surface area (Å²) in [5.41, 5.74) is 2.79. The van der Waals surface area contributed by atoms with Crippen LogP contribution in [-0.4, -0.2) is 30.0 Å². The number of hydrogen-bond donors (Lipinski definition) is 1. The number of carbonyl (C=O) groups is 1. The predicted octanol–water partition coefficient (Wildman–Crippen LogP) is 3.72. The fourth-order valence-corrected chi connectivity index (χ4v) is 2.53. The second-order valence-corrected chi connectivity index (χ2v) is 5.45. The molecule has 0 aliphatic rings. The van der Waals surface area contributed by atoms with Crippen molar-refractivity contribution in [2.24, 2.45) is 0 Å². The molecule has 0 aliphatic heterocycles. The van der Waals surface area contributed by atoms with Crippen LogP contribution in [0.5, 0.6) is 5.75 Å². The average Bonchev–Trinajstić information content (AvgIpc) is 3.02. The lowest BCUT2D eigenvalue weighted by Crippen LogP contribution is -2.08. The van der Waals surface area contributed by atoms with E-state index >= 15 is 0 Å². The number of anilines is 2. The Labute approximate surface area is 146 Å². The number of aryl methyl sites for hydroxylation is 1. The summed E-state index contributed by atoms with van der Waals surface area (Å²) in [5, 5.41) is 7.79. The Balaban J connectivity index is 2.02. The van der Waals surface area contributed by atoms with Crippen molar-refractivity contribution in [3.05, 3.63) is 65.9 Å². The average molecular weight is 337 g/mol. The van der Waals surface area contributed by atoms with Gasteiger partial charge in [-0.05, 0) is 37.3 Å². The van der Waals surface area contributed by atoms with Crippen LogP contribution in [0.25, 0.3) is 5.69 Å². The number of ether oxygens (including phenoxy) is 2. The molecule has 0 atom stereocenters. The summed E-state index contributed by atoms with van der Waals surface area (Å²) in [6, 6.07) is 16.9. The van der Waals surface area contributed by atoms with Crippen LogP contribution in [0.3, 0.4) is 0 Å². The molecular formula is C19H19N3O3. The molecule has 1 heterocycles. The Morgan fingerprint density at radius 2 is 1.84 bits per heavy atom. The fourth-order valence-electron chi connectivity index (χ4n) is 2.53. The van der Waals surface area contributed by atoms with Crippen LogP contribution in [0.15, 0.2) is 54.6 Å². The molecule has 0 aliphatic carbocycles. The van der Waals surface area contributed by atoms with Crippen molar-refractivity contribution < 1.29 is 14.3 Å². The van der Waals surface area contributed by atoms with Gasteiger partial charge in [-0.3, -0.25) is 0 Å². The maximum Gasteiger partial charge on any atom is 0.340 e. The number of esters is 1. The van der Waals surface area contributed by atoms with Crippen molar-refractivity contribution in [2.75, 3.05) is 19.5 Å². The highest BCUT2D eigenvalue weighted by Gasteiger charge is 2.16. The molecule has 0 saturated carbocycles. The minimum atomic E-state index is -0.441. The number of nitrogens with zero attached hydrogens (tertiary/aromatic N) is 2. The van der Waals surface area contributed by atoms with Gasteiger partial charge in [0.25, 0.3) is 0 Å². The first kappa shape index (κ1) is 16.6. The van der Waals surface area contributed by atoms with E-state index in [4.69, 9.17) is 9.47 Å². The van der Waals surface area contributed by atoms with Crippen LogP contribution in [-0.2, 0) is 4.74 Å². The summed E-state index contributed by atoms with van der Waals surface area (Å²) in [4.78, 5) is 12.1. The smallest absolute Gasteiger partial charge is 0.340 e. The van der Waals surface area contributed by atoms with Crippen molar-refractivity contribution in [3.63, 3.8) is 0 Å². The predicted molar refractivity (Wildman–Crippen MR) is 95.9 cm³/mol. The zero-order chi connectivity index (χ0) is 17.8. The molecule has 25 heavy (non-hydrogen) atoms. The van der Waals surface area contributed by atoms with E-state index in [1.807, 2.05) is 43.3 Å². The molecular weight excluding hydrogens is 318 g/mol. The third kappa shape index (κ3) is 3.47. The Hall–Kier alpha value is -3.28. The second kappa shape index (κ2) is 7.09. The van der Waals surface area contributed by atoms with E-state index in [0.29, 0.717) is 17.0 Å². The molecule has 0 saturated heterocycles. The summed E-state index contributed by atoms with van der Waals surface area (Å²) < 4.78 is 11.9. The number of carbonyl (C=O) groups excluding carboxylic acids is 1. The highest BCUT2D eigenvalue weighted by Crippen LogP contribution is 2.27. The topological polar surface area (TPSA) is 65.4 Å². The normalized spacial score (nSPS) is 10.4. The van der Waals surface area contributed by atoms with Gasteiger partial charge in [0.15, 0.2) is 0 Å². The van der Waals surface area contributed by atoms with Gasteiger partial charge in [-0.15, -0.1) is 0 Å². The third-order valence-electron chi connectivity index (χ3n) is 3.73. The standard InChI is InChI=1S/C19H19N3O3/c1-13-11-18(22(21-13)14-7-5-4-6-8-14)20-17-10-9-15(24-2)12-16(17)19(23)25-3/h4-12,20H,1-3H3. The molecule has 1 aromatic heterocycles. The largest absolute Gasteiger partial charge is 0.497 e. The van der Waals surface area contributed by atoms with Crippen LogP contribution >= 0.6 is 0 Å². The Morgan fingerprint density at radius 1 is 1.08 bits per heavy atom. The first-order chi connectivity index (χ1) is 12.1. The van der Waals surface area contributed by atoms with Gasteiger partial charge < -0.3 is 14.8 Å². The van der Waals surface area contributed by atoms with Gasteiger partial charge in [-0.25, -0.2) is 9.48 Å². The third-order valence-corrected chi connectivity index (χ3v) is 3.73. The zero-order valence-corrected chi connectivity index (χ0v) is 14.3. The molecule has 0 spiro atoms.